The third kappa shape index (κ3) is 4.57. The molecular formula is C31H39N3O2. The number of hydrogen-bond acceptors (Lipinski definition) is 5. The van der Waals surface area contributed by atoms with Crippen LogP contribution in [0.1, 0.15) is 53.9 Å². The van der Waals surface area contributed by atoms with E-state index in [9.17, 15) is 10.4 Å². The molecular weight excluding hydrogens is 446 g/mol. The van der Waals surface area contributed by atoms with Crippen molar-refractivity contribution in [3.63, 3.8) is 0 Å². The van der Waals surface area contributed by atoms with E-state index < -0.39 is 0 Å². The van der Waals surface area contributed by atoms with Crippen LogP contribution in [-0.2, 0) is 0 Å². The van der Waals surface area contributed by atoms with Gasteiger partial charge in [-0.2, -0.15) is 5.26 Å². The van der Waals surface area contributed by atoms with Crippen molar-refractivity contribution < 1.29 is 9.84 Å². The molecule has 1 saturated heterocycles. The van der Waals surface area contributed by atoms with Gasteiger partial charge < -0.3 is 19.6 Å². The largest absolute Gasteiger partial charge is 0.508 e. The summed E-state index contributed by atoms with van der Waals surface area (Å²) in [6, 6.07) is 8.85. The second kappa shape index (κ2) is 9.24. The van der Waals surface area contributed by atoms with Gasteiger partial charge in [0.15, 0.2) is 0 Å². The lowest BCUT2D eigenvalue weighted by Crippen LogP contribution is -2.55. The minimum atomic E-state index is -0.337. The van der Waals surface area contributed by atoms with Crippen LogP contribution in [0.25, 0.3) is 11.3 Å². The quantitative estimate of drug-likeness (QED) is 0.586. The molecule has 5 nitrogen and oxygen atoms in total. The van der Waals surface area contributed by atoms with E-state index in [-0.39, 0.29) is 22.6 Å². The van der Waals surface area contributed by atoms with Gasteiger partial charge in [0.25, 0.3) is 0 Å². The summed E-state index contributed by atoms with van der Waals surface area (Å²) in [5.74, 6) is 0.857. The Kier molecular flexibility index (Phi) is 6.60. The highest BCUT2D eigenvalue weighted by atomic mass is 16.5. The molecule has 1 aromatic rings. The average Bonchev–Trinajstić information content (AvgIpc) is 3.61. The summed E-state index contributed by atoms with van der Waals surface area (Å²) in [5.41, 5.74) is 4.45. The molecule has 0 amide bonds. The van der Waals surface area contributed by atoms with E-state index in [1.54, 1.807) is 0 Å². The minimum Gasteiger partial charge on any atom is -0.508 e. The molecule has 0 spiro atoms. The number of allylic oxidation sites excluding steroid dienone is 2. The summed E-state index contributed by atoms with van der Waals surface area (Å²) < 4.78 is 6.34. The molecule has 2 fully saturated rings. The van der Waals surface area contributed by atoms with E-state index in [4.69, 9.17) is 4.74 Å². The van der Waals surface area contributed by atoms with E-state index in [1.165, 1.54) is 5.57 Å². The summed E-state index contributed by atoms with van der Waals surface area (Å²) in [6.07, 6.45) is 6.76. The summed E-state index contributed by atoms with van der Waals surface area (Å²) >= 11 is 0. The highest BCUT2D eigenvalue weighted by Crippen LogP contribution is 2.45. The number of benzene rings is 1. The molecule has 0 radical (unpaired) electrons. The number of hydrogen-bond donors (Lipinski definition) is 1. The van der Waals surface area contributed by atoms with Gasteiger partial charge in [-0.25, -0.2) is 0 Å². The number of likely N-dealkylation sites (N-methyl/N-ethyl adjacent to an activating group) is 1. The van der Waals surface area contributed by atoms with Gasteiger partial charge in [-0.15, -0.1) is 0 Å². The smallest absolute Gasteiger partial charge is 0.127 e. The van der Waals surface area contributed by atoms with Crippen LogP contribution in [-0.4, -0.2) is 41.1 Å². The second-order valence-corrected chi connectivity index (χ2v) is 11.6. The highest BCUT2D eigenvalue weighted by molar-refractivity contribution is 5.70. The van der Waals surface area contributed by atoms with Crippen LogP contribution in [0.15, 0.2) is 66.2 Å². The van der Waals surface area contributed by atoms with E-state index >= 15 is 0 Å². The third-order valence-electron chi connectivity index (χ3n) is 7.75. The van der Waals surface area contributed by atoms with Crippen molar-refractivity contribution in [2.24, 2.45) is 10.8 Å². The maximum atomic E-state index is 10.3. The van der Waals surface area contributed by atoms with Gasteiger partial charge in [0, 0.05) is 35.8 Å². The first-order valence-corrected chi connectivity index (χ1v) is 12.8. The molecule has 190 valence electrons. The number of aliphatic hydroxyl groups excluding tert-OH is 1. The molecule has 1 atom stereocenters. The van der Waals surface area contributed by atoms with Gasteiger partial charge >= 0.3 is 0 Å². The molecule has 4 rings (SSSR count). The Morgan fingerprint density at radius 3 is 2.56 bits per heavy atom. The van der Waals surface area contributed by atoms with Crippen LogP contribution < -0.4 is 15.2 Å². The van der Waals surface area contributed by atoms with E-state index in [2.05, 4.69) is 82.8 Å². The maximum Gasteiger partial charge on any atom is 0.127 e. The molecule has 0 bridgehead atoms. The van der Waals surface area contributed by atoms with Gasteiger partial charge in [0.1, 0.15) is 18.1 Å². The van der Waals surface area contributed by atoms with Crippen LogP contribution in [0, 0.1) is 22.2 Å². The zero-order valence-electron chi connectivity index (χ0n) is 22.6. The maximum absolute atomic E-state index is 10.3. The lowest BCUT2D eigenvalue weighted by molar-refractivity contribution is 0.129. The summed E-state index contributed by atoms with van der Waals surface area (Å²) in [5, 5.41) is 22.0. The Balaban J connectivity index is 1.97. The van der Waals surface area contributed by atoms with Crippen molar-refractivity contribution >= 4 is 11.3 Å². The molecule has 2 aliphatic heterocycles. The minimum absolute atomic E-state index is 0.00885. The fraction of sp³-hybridized carbons (Fsp3) is 0.452. The van der Waals surface area contributed by atoms with Gasteiger partial charge in [-0.3, -0.25) is 0 Å². The van der Waals surface area contributed by atoms with E-state index in [0.29, 0.717) is 12.2 Å². The number of ether oxygens (including phenoxy) is 1. The molecule has 36 heavy (non-hydrogen) atoms. The first-order chi connectivity index (χ1) is 16.9. The van der Waals surface area contributed by atoms with Crippen LogP contribution in [0.3, 0.4) is 0 Å². The SMILES string of the molecule is C=C(O)C1=CN2C(=CC1=C)/C(=c1\cccc(OCC3(C#N)CC3)c1=C(C)CC)N(C)CC2C(C)(C)C. The average molecular weight is 486 g/mol. The fourth-order valence-corrected chi connectivity index (χ4v) is 5.11. The van der Waals surface area contributed by atoms with Crippen LogP contribution in [0.5, 0.6) is 5.75 Å². The van der Waals surface area contributed by atoms with Crippen molar-refractivity contribution in [1.82, 2.24) is 9.80 Å². The van der Waals surface area contributed by atoms with Crippen molar-refractivity contribution in [3.05, 3.63) is 76.7 Å². The topological polar surface area (TPSA) is 59.7 Å². The summed E-state index contributed by atoms with van der Waals surface area (Å²) in [6.45, 7) is 20.3. The van der Waals surface area contributed by atoms with Crippen LogP contribution in [0.4, 0.5) is 0 Å². The van der Waals surface area contributed by atoms with Crippen molar-refractivity contribution in [2.45, 2.75) is 59.9 Å². The second-order valence-electron chi connectivity index (χ2n) is 11.6. The van der Waals surface area contributed by atoms with E-state index in [1.807, 2.05) is 18.3 Å². The molecule has 1 aliphatic carbocycles. The molecule has 1 N–H and O–H groups in total. The number of fused-ring (bicyclic) bond motifs is 1. The Morgan fingerprint density at radius 1 is 1.31 bits per heavy atom. The zero-order chi connectivity index (χ0) is 26.4. The normalized spacial score (nSPS) is 23.2. The summed E-state index contributed by atoms with van der Waals surface area (Å²) in [7, 11) is 2.15. The summed E-state index contributed by atoms with van der Waals surface area (Å²) in [4.78, 5) is 4.62. The van der Waals surface area contributed by atoms with Crippen molar-refractivity contribution in [3.8, 4) is 11.8 Å². The Morgan fingerprint density at radius 2 is 2.00 bits per heavy atom. The van der Waals surface area contributed by atoms with Crippen LogP contribution >= 0.6 is 0 Å². The molecule has 2 heterocycles. The monoisotopic (exact) mass is 485 g/mol. The van der Waals surface area contributed by atoms with Crippen molar-refractivity contribution in [1.29, 1.82) is 5.26 Å². The molecule has 3 aliphatic rings. The number of nitriles is 1. The highest BCUT2D eigenvalue weighted by Gasteiger charge is 2.44. The lowest BCUT2D eigenvalue weighted by atomic mass is 9.82. The Bertz CT molecular complexity index is 1330. The predicted octanol–water partition coefficient (Wildman–Crippen LogP) is 5.13. The number of rotatable bonds is 5. The van der Waals surface area contributed by atoms with E-state index in [0.717, 1.165) is 59.0 Å². The van der Waals surface area contributed by atoms with Gasteiger partial charge in [-0.05, 0) is 49.3 Å². The van der Waals surface area contributed by atoms with Crippen molar-refractivity contribution in [2.75, 3.05) is 20.2 Å². The number of nitrogens with zero attached hydrogens (tertiary/aromatic N) is 3. The molecule has 1 saturated carbocycles. The molecule has 5 heteroatoms. The number of aliphatic hydroxyl groups is 1. The standard InChI is InChI=1S/C31H39N3O2/c1-9-20(2)28-23(11-10-12-26(28)36-19-31(18-32)13-14-31)29-25-15-21(3)24(22(4)35)16-34(25)27(17-33(29)8)30(5,6)7/h10-12,15-16,27,35H,3-4,9,13-14,17,19H2,1-2,5-8H3/b28-20?,29-23-. The van der Waals surface area contributed by atoms with Crippen LogP contribution in [0.2, 0.25) is 0 Å². The third-order valence-corrected chi connectivity index (χ3v) is 7.75. The lowest BCUT2D eigenvalue weighted by Gasteiger charge is -2.50. The Labute approximate surface area is 215 Å². The number of piperazine rings is 1. The Hall–Kier alpha value is -3.39. The first-order valence-electron chi connectivity index (χ1n) is 12.8. The molecule has 1 unspecified atom stereocenters. The first kappa shape index (κ1) is 25.7. The van der Waals surface area contributed by atoms with Gasteiger partial charge in [-0.1, -0.05) is 58.6 Å². The predicted molar refractivity (Wildman–Crippen MR) is 146 cm³/mol. The zero-order valence-corrected chi connectivity index (χ0v) is 22.6. The fourth-order valence-electron chi connectivity index (χ4n) is 5.11. The van der Waals surface area contributed by atoms with Gasteiger partial charge in [0.05, 0.1) is 28.9 Å². The molecule has 0 aromatic heterocycles. The van der Waals surface area contributed by atoms with Gasteiger partial charge in [0.2, 0.25) is 0 Å². The molecule has 1 aromatic carbocycles.